The Kier molecular flexibility index (Phi) is 3.08. The Hall–Kier alpha value is -2.09. The number of carbonyl (C=O) groups is 1. The molecule has 3 heterocycles. The van der Waals surface area contributed by atoms with Crippen LogP contribution >= 0.6 is 0 Å². The first-order chi connectivity index (χ1) is 9.29. The van der Waals surface area contributed by atoms with Crippen molar-refractivity contribution in [2.45, 2.75) is 31.8 Å². The number of nitriles is 1. The summed E-state index contributed by atoms with van der Waals surface area (Å²) in [4.78, 5) is 20.2. The van der Waals surface area contributed by atoms with Gasteiger partial charge >= 0.3 is 0 Å². The molecule has 0 saturated carbocycles. The fourth-order valence-corrected chi connectivity index (χ4v) is 3.00. The molecule has 2 aliphatic rings. The van der Waals surface area contributed by atoms with Gasteiger partial charge in [-0.25, -0.2) is 4.98 Å². The highest BCUT2D eigenvalue weighted by Gasteiger charge is 2.35. The van der Waals surface area contributed by atoms with E-state index in [0.29, 0.717) is 12.1 Å². The smallest absolute Gasteiger partial charge is 0.225 e. The number of hydrogen-bond donors (Lipinski definition) is 0. The standard InChI is InChI=1S/C14H16N4O/c15-10-11-9-12(4-6-16-11)17-8-5-14(19)18-7-2-1-3-13(17)18/h4,6,9,13H,1-3,5,7-8H2. The van der Waals surface area contributed by atoms with E-state index in [1.165, 1.54) is 0 Å². The van der Waals surface area contributed by atoms with Crippen molar-refractivity contribution in [2.75, 3.05) is 18.0 Å². The molecule has 1 atom stereocenters. The van der Waals surface area contributed by atoms with E-state index in [2.05, 4.69) is 16.0 Å². The Morgan fingerprint density at radius 3 is 3.05 bits per heavy atom. The van der Waals surface area contributed by atoms with Gasteiger partial charge in [-0.3, -0.25) is 4.79 Å². The minimum atomic E-state index is 0.156. The SMILES string of the molecule is N#Cc1cc(N2CCC(=O)N3CCCCC32)ccn1. The van der Waals surface area contributed by atoms with E-state index < -0.39 is 0 Å². The zero-order valence-corrected chi connectivity index (χ0v) is 10.7. The predicted molar refractivity (Wildman–Crippen MR) is 70.3 cm³/mol. The van der Waals surface area contributed by atoms with Gasteiger partial charge in [0.1, 0.15) is 17.9 Å². The lowest BCUT2D eigenvalue weighted by Gasteiger charge is -2.47. The Morgan fingerprint density at radius 2 is 2.21 bits per heavy atom. The summed E-state index contributed by atoms with van der Waals surface area (Å²) in [6.45, 7) is 1.59. The van der Waals surface area contributed by atoms with Gasteiger partial charge in [0.2, 0.25) is 5.91 Å². The number of aromatic nitrogens is 1. The lowest BCUT2D eigenvalue weighted by atomic mass is 10.0. The Balaban J connectivity index is 1.91. The summed E-state index contributed by atoms with van der Waals surface area (Å²) in [5, 5.41) is 8.94. The van der Waals surface area contributed by atoms with Gasteiger partial charge < -0.3 is 9.80 Å². The van der Waals surface area contributed by atoms with Gasteiger partial charge in [-0.2, -0.15) is 5.26 Å². The van der Waals surface area contributed by atoms with Crippen molar-refractivity contribution < 1.29 is 4.79 Å². The Bertz CT molecular complexity index is 536. The molecule has 0 aromatic carbocycles. The predicted octanol–water partition coefficient (Wildman–Crippen LogP) is 1.50. The minimum Gasteiger partial charge on any atom is -0.350 e. The maximum atomic E-state index is 12.0. The highest BCUT2D eigenvalue weighted by atomic mass is 16.2. The second-order valence-corrected chi connectivity index (χ2v) is 5.02. The monoisotopic (exact) mass is 256 g/mol. The van der Waals surface area contributed by atoms with Crippen LogP contribution < -0.4 is 4.90 Å². The van der Waals surface area contributed by atoms with Crippen LogP contribution in [0.25, 0.3) is 0 Å². The van der Waals surface area contributed by atoms with Crippen LogP contribution in [0.15, 0.2) is 18.3 Å². The maximum Gasteiger partial charge on any atom is 0.225 e. The summed E-state index contributed by atoms with van der Waals surface area (Å²) < 4.78 is 0. The molecule has 2 saturated heterocycles. The van der Waals surface area contributed by atoms with E-state index in [9.17, 15) is 4.79 Å². The number of nitrogens with zero attached hydrogens (tertiary/aromatic N) is 4. The Morgan fingerprint density at radius 1 is 1.32 bits per heavy atom. The second kappa shape index (κ2) is 4.88. The molecular formula is C14H16N4O. The molecule has 1 unspecified atom stereocenters. The van der Waals surface area contributed by atoms with E-state index in [4.69, 9.17) is 5.26 Å². The van der Waals surface area contributed by atoms with E-state index in [1.54, 1.807) is 6.20 Å². The molecule has 5 heteroatoms. The van der Waals surface area contributed by atoms with Crippen LogP contribution in [-0.2, 0) is 4.79 Å². The maximum absolute atomic E-state index is 12.0. The van der Waals surface area contributed by atoms with Crippen molar-refractivity contribution in [1.29, 1.82) is 5.26 Å². The Labute approximate surface area is 112 Å². The lowest BCUT2D eigenvalue weighted by molar-refractivity contribution is -0.136. The summed E-state index contributed by atoms with van der Waals surface area (Å²) in [6, 6.07) is 5.80. The molecular weight excluding hydrogens is 240 g/mol. The summed E-state index contributed by atoms with van der Waals surface area (Å²) >= 11 is 0. The van der Waals surface area contributed by atoms with Crippen LogP contribution in [0.3, 0.4) is 0 Å². The quantitative estimate of drug-likeness (QED) is 0.764. The van der Waals surface area contributed by atoms with Gasteiger partial charge in [0.25, 0.3) is 0 Å². The molecule has 2 aliphatic heterocycles. The van der Waals surface area contributed by atoms with Crippen molar-refractivity contribution in [3.05, 3.63) is 24.0 Å². The van der Waals surface area contributed by atoms with E-state index in [1.807, 2.05) is 17.0 Å². The average molecular weight is 256 g/mol. The van der Waals surface area contributed by atoms with Crippen LogP contribution in [0.4, 0.5) is 5.69 Å². The van der Waals surface area contributed by atoms with Crippen LogP contribution in [0, 0.1) is 11.3 Å². The first-order valence-corrected chi connectivity index (χ1v) is 6.72. The van der Waals surface area contributed by atoms with Crippen LogP contribution in [-0.4, -0.2) is 35.0 Å². The normalized spacial score (nSPS) is 22.9. The zero-order chi connectivity index (χ0) is 13.2. The largest absolute Gasteiger partial charge is 0.350 e. The minimum absolute atomic E-state index is 0.156. The molecule has 0 spiro atoms. The van der Waals surface area contributed by atoms with Crippen LogP contribution in [0.2, 0.25) is 0 Å². The number of piperidine rings is 1. The fourth-order valence-electron chi connectivity index (χ4n) is 3.00. The van der Waals surface area contributed by atoms with Crippen molar-refractivity contribution in [3.8, 4) is 6.07 Å². The van der Waals surface area contributed by atoms with Gasteiger partial charge in [0, 0.05) is 31.4 Å². The number of hydrogen-bond acceptors (Lipinski definition) is 4. The number of rotatable bonds is 1. The molecule has 0 N–H and O–H groups in total. The molecule has 98 valence electrons. The lowest BCUT2D eigenvalue weighted by Crippen LogP contribution is -2.58. The highest BCUT2D eigenvalue weighted by molar-refractivity contribution is 5.79. The van der Waals surface area contributed by atoms with E-state index in [-0.39, 0.29) is 12.1 Å². The number of carbonyl (C=O) groups excluding carboxylic acids is 1. The van der Waals surface area contributed by atoms with Gasteiger partial charge in [-0.05, 0) is 31.4 Å². The zero-order valence-electron chi connectivity index (χ0n) is 10.7. The topological polar surface area (TPSA) is 60.2 Å². The van der Waals surface area contributed by atoms with Crippen LogP contribution in [0.5, 0.6) is 0 Å². The van der Waals surface area contributed by atoms with Crippen molar-refractivity contribution in [3.63, 3.8) is 0 Å². The van der Waals surface area contributed by atoms with Gasteiger partial charge in [-0.1, -0.05) is 0 Å². The van der Waals surface area contributed by atoms with Gasteiger partial charge in [0.05, 0.1) is 0 Å². The number of anilines is 1. The second-order valence-electron chi connectivity index (χ2n) is 5.02. The summed E-state index contributed by atoms with van der Waals surface area (Å²) in [5.74, 6) is 0.260. The average Bonchev–Trinajstić information content (AvgIpc) is 2.48. The third-order valence-electron chi connectivity index (χ3n) is 3.91. The molecule has 1 amide bonds. The summed E-state index contributed by atoms with van der Waals surface area (Å²) in [7, 11) is 0. The molecule has 1 aromatic rings. The first kappa shape index (κ1) is 12.0. The van der Waals surface area contributed by atoms with E-state index >= 15 is 0 Å². The summed E-state index contributed by atoms with van der Waals surface area (Å²) in [6.07, 6.45) is 5.63. The molecule has 5 nitrogen and oxygen atoms in total. The van der Waals surface area contributed by atoms with Gasteiger partial charge in [0.15, 0.2) is 0 Å². The molecule has 19 heavy (non-hydrogen) atoms. The molecule has 1 aromatic heterocycles. The number of amides is 1. The fraction of sp³-hybridized carbons (Fsp3) is 0.500. The molecule has 0 bridgehead atoms. The van der Waals surface area contributed by atoms with Crippen LogP contribution in [0.1, 0.15) is 31.4 Å². The van der Waals surface area contributed by atoms with Crippen molar-refractivity contribution in [1.82, 2.24) is 9.88 Å². The first-order valence-electron chi connectivity index (χ1n) is 6.72. The van der Waals surface area contributed by atoms with Crippen molar-refractivity contribution in [2.24, 2.45) is 0 Å². The molecule has 0 radical (unpaired) electrons. The highest BCUT2D eigenvalue weighted by Crippen LogP contribution is 2.29. The summed E-state index contributed by atoms with van der Waals surface area (Å²) in [5.41, 5.74) is 1.42. The molecule has 2 fully saturated rings. The van der Waals surface area contributed by atoms with Crippen molar-refractivity contribution >= 4 is 11.6 Å². The molecule has 3 rings (SSSR count). The molecule has 0 aliphatic carbocycles. The number of fused-ring (bicyclic) bond motifs is 1. The van der Waals surface area contributed by atoms with E-state index in [0.717, 1.165) is 38.0 Å². The van der Waals surface area contributed by atoms with Gasteiger partial charge in [-0.15, -0.1) is 0 Å². The number of pyridine rings is 1. The third-order valence-corrected chi connectivity index (χ3v) is 3.91. The third kappa shape index (κ3) is 2.14.